The van der Waals surface area contributed by atoms with Crippen molar-refractivity contribution in [3.63, 3.8) is 0 Å². The molecule has 0 saturated heterocycles. The molecule has 0 aliphatic heterocycles. The van der Waals surface area contributed by atoms with Crippen molar-refractivity contribution in [3.8, 4) is 5.75 Å². The van der Waals surface area contributed by atoms with Crippen molar-refractivity contribution in [1.29, 1.82) is 0 Å². The Balaban J connectivity index is 2.25. The van der Waals surface area contributed by atoms with Crippen molar-refractivity contribution >= 4 is 28.5 Å². The van der Waals surface area contributed by atoms with Crippen LogP contribution in [0.1, 0.15) is 17.3 Å². The summed E-state index contributed by atoms with van der Waals surface area (Å²) in [6, 6.07) is 12.2. The third kappa shape index (κ3) is 3.77. The number of hydrogen-bond donors (Lipinski definition) is 1. The molecule has 0 unspecified atom stereocenters. The number of benzene rings is 2. The number of carbonyl (C=O) groups excluding carboxylic acids is 2. The van der Waals surface area contributed by atoms with E-state index in [1.54, 1.807) is 30.3 Å². The molecule has 2 aromatic carbocycles. The minimum absolute atomic E-state index is 0.0462. The molecule has 0 bridgehead atoms. The van der Waals surface area contributed by atoms with Crippen molar-refractivity contribution in [3.05, 3.63) is 65.5 Å². The molecule has 2 amide bonds. The van der Waals surface area contributed by atoms with E-state index >= 15 is 0 Å². The second-order valence-electron chi connectivity index (χ2n) is 5.47. The molecule has 0 fully saturated rings. The molecule has 0 saturated carbocycles. The van der Waals surface area contributed by atoms with E-state index in [1.165, 1.54) is 32.2 Å². The van der Waals surface area contributed by atoms with Gasteiger partial charge in [0, 0.05) is 18.4 Å². The molecule has 0 atom stereocenters. The quantitative estimate of drug-likeness (QED) is 0.784. The number of methoxy groups -OCH3 is 1. The van der Waals surface area contributed by atoms with Gasteiger partial charge in [0.2, 0.25) is 11.5 Å². The first-order chi connectivity index (χ1) is 12.5. The molecule has 3 rings (SSSR count). The average Bonchev–Trinajstić information content (AvgIpc) is 2.60. The van der Waals surface area contributed by atoms with Crippen LogP contribution >= 0.6 is 0 Å². The van der Waals surface area contributed by atoms with Gasteiger partial charge in [-0.05, 0) is 36.4 Å². The lowest BCUT2D eigenvalue weighted by Gasteiger charge is -2.06. The van der Waals surface area contributed by atoms with Gasteiger partial charge in [0.05, 0.1) is 12.8 Å². The van der Waals surface area contributed by atoms with Crippen molar-refractivity contribution < 1.29 is 23.1 Å². The zero-order valence-electron chi connectivity index (χ0n) is 14.1. The van der Waals surface area contributed by atoms with Gasteiger partial charge in [-0.1, -0.05) is 6.07 Å². The van der Waals surface area contributed by atoms with E-state index in [2.05, 4.69) is 10.3 Å². The molecule has 3 aromatic rings. The largest absolute Gasteiger partial charge is 0.497 e. The van der Waals surface area contributed by atoms with Crippen LogP contribution in [-0.2, 0) is 4.79 Å². The van der Waals surface area contributed by atoms with E-state index in [9.17, 15) is 14.0 Å². The van der Waals surface area contributed by atoms with Crippen LogP contribution < -0.4 is 15.6 Å². The standard InChI is InChI=1S/C19H15FN2O4/c1-11(23)21-18(24)16-8-12-6-7-15(25-2)10-17(12)26-19(16)22-14-5-3-4-13(20)9-14/h3-10H,1-2H3,(H,21,23,24). The maximum Gasteiger partial charge on any atom is 0.263 e. The maximum absolute atomic E-state index is 13.4. The summed E-state index contributed by atoms with van der Waals surface area (Å²) in [7, 11) is 1.52. The third-order valence-electron chi connectivity index (χ3n) is 3.53. The number of nitrogens with one attached hydrogen (secondary N) is 1. The number of imide groups is 1. The number of fused-ring (bicyclic) bond motifs is 1. The van der Waals surface area contributed by atoms with Crippen molar-refractivity contribution in [2.24, 2.45) is 4.99 Å². The number of carbonyl (C=O) groups is 2. The highest BCUT2D eigenvalue weighted by molar-refractivity contribution is 6.05. The molecule has 6 nitrogen and oxygen atoms in total. The van der Waals surface area contributed by atoms with E-state index in [-0.39, 0.29) is 16.8 Å². The molecule has 7 heteroatoms. The number of amides is 2. The first kappa shape index (κ1) is 17.3. The highest BCUT2D eigenvalue weighted by Crippen LogP contribution is 2.21. The Bertz CT molecular complexity index is 1070. The van der Waals surface area contributed by atoms with Gasteiger partial charge in [0.25, 0.3) is 5.91 Å². The van der Waals surface area contributed by atoms with Gasteiger partial charge in [-0.15, -0.1) is 0 Å². The smallest absolute Gasteiger partial charge is 0.263 e. The number of hydrogen-bond acceptors (Lipinski definition) is 5. The highest BCUT2D eigenvalue weighted by atomic mass is 19.1. The first-order valence-corrected chi connectivity index (χ1v) is 7.70. The average molecular weight is 354 g/mol. The Kier molecular flexibility index (Phi) is 4.79. The monoisotopic (exact) mass is 354 g/mol. The minimum atomic E-state index is -0.658. The fourth-order valence-corrected chi connectivity index (χ4v) is 2.36. The van der Waals surface area contributed by atoms with E-state index in [4.69, 9.17) is 9.15 Å². The Morgan fingerprint density at radius 1 is 1.15 bits per heavy atom. The Labute approximate surface area is 147 Å². The van der Waals surface area contributed by atoms with Gasteiger partial charge in [-0.2, -0.15) is 0 Å². The van der Waals surface area contributed by atoms with Crippen molar-refractivity contribution in [2.45, 2.75) is 6.92 Å². The van der Waals surface area contributed by atoms with Crippen LogP contribution in [0.2, 0.25) is 0 Å². The van der Waals surface area contributed by atoms with Crippen LogP contribution in [0.3, 0.4) is 0 Å². The molecule has 1 aromatic heterocycles. The summed E-state index contributed by atoms with van der Waals surface area (Å²) in [6.45, 7) is 1.23. The zero-order chi connectivity index (χ0) is 18.7. The molecule has 1 N–H and O–H groups in total. The highest BCUT2D eigenvalue weighted by Gasteiger charge is 2.14. The SMILES string of the molecule is COc1ccc2cc(C(=O)NC(C)=O)c(=Nc3cccc(F)c3)oc2c1. The molecular weight excluding hydrogens is 339 g/mol. The van der Waals surface area contributed by atoms with Crippen LogP contribution in [-0.4, -0.2) is 18.9 Å². The number of ether oxygens (including phenoxy) is 1. The van der Waals surface area contributed by atoms with Crippen LogP contribution in [0, 0.1) is 5.82 Å². The van der Waals surface area contributed by atoms with E-state index in [0.29, 0.717) is 16.7 Å². The third-order valence-corrected chi connectivity index (χ3v) is 3.53. The van der Waals surface area contributed by atoms with Gasteiger partial charge < -0.3 is 9.15 Å². The van der Waals surface area contributed by atoms with Gasteiger partial charge >= 0.3 is 0 Å². The summed E-state index contributed by atoms with van der Waals surface area (Å²) in [6.07, 6.45) is 0. The first-order valence-electron chi connectivity index (χ1n) is 7.70. The minimum Gasteiger partial charge on any atom is -0.497 e. The summed E-state index contributed by atoms with van der Waals surface area (Å²) in [4.78, 5) is 27.8. The van der Waals surface area contributed by atoms with Crippen LogP contribution in [0.25, 0.3) is 11.0 Å². The van der Waals surface area contributed by atoms with E-state index in [0.717, 1.165) is 0 Å². The second-order valence-corrected chi connectivity index (χ2v) is 5.47. The lowest BCUT2D eigenvalue weighted by atomic mass is 10.1. The molecule has 0 radical (unpaired) electrons. The number of rotatable bonds is 3. The maximum atomic E-state index is 13.4. The van der Waals surface area contributed by atoms with Crippen LogP contribution in [0.4, 0.5) is 10.1 Å². The predicted molar refractivity (Wildman–Crippen MR) is 92.5 cm³/mol. The second kappa shape index (κ2) is 7.18. The lowest BCUT2D eigenvalue weighted by molar-refractivity contribution is -0.118. The van der Waals surface area contributed by atoms with Crippen molar-refractivity contribution in [1.82, 2.24) is 5.32 Å². The molecule has 0 aliphatic rings. The van der Waals surface area contributed by atoms with Crippen LogP contribution in [0.15, 0.2) is 57.9 Å². The Morgan fingerprint density at radius 3 is 2.65 bits per heavy atom. The summed E-state index contributed by atoms with van der Waals surface area (Å²) in [5.74, 6) is -1.07. The number of nitrogens with zero attached hydrogens (tertiary/aromatic N) is 1. The Hall–Kier alpha value is -3.48. The van der Waals surface area contributed by atoms with E-state index < -0.39 is 17.6 Å². The molecule has 1 heterocycles. The normalized spacial score (nSPS) is 11.4. The summed E-state index contributed by atoms with van der Waals surface area (Å²) in [5.41, 5.74) is 0.712. The van der Waals surface area contributed by atoms with Gasteiger partial charge in [0.15, 0.2) is 0 Å². The topological polar surface area (TPSA) is 80.9 Å². The number of halogens is 1. The Morgan fingerprint density at radius 2 is 1.96 bits per heavy atom. The molecular formula is C19H15FN2O4. The predicted octanol–water partition coefficient (Wildman–Crippen LogP) is 3.09. The molecule has 0 aliphatic carbocycles. The summed E-state index contributed by atoms with van der Waals surface area (Å²) < 4.78 is 24.3. The molecule has 26 heavy (non-hydrogen) atoms. The fourth-order valence-electron chi connectivity index (χ4n) is 2.36. The van der Waals surface area contributed by atoms with Crippen molar-refractivity contribution in [2.75, 3.05) is 7.11 Å². The summed E-state index contributed by atoms with van der Waals surface area (Å²) in [5, 5.41) is 2.81. The van der Waals surface area contributed by atoms with Gasteiger partial charge in [-0.25, -0.2) is 9.38 Å². The van der Waals surface area contributed by atoms with E-state index in [1.807, 2.05) is 0 Å². The van der Waals surface area contributed by atoms with Gasteiger partial charge in [-0.3, -0.25) is 14.9 Å². The van der Waals surface area contributed by atoms with Gasteiger partial charge in [0.1, 0.15) is 22.7 Å². The molecule has 132 valence electrons. The lowest BCUT2D eigenvalue weighted by Crippen LogP contribution is -2.32. The summed E-state index contributed by atoms with van der Waals surface area (Å²) >= 11 is 0. The van der Waals surface area contributed by atoms with Crippen LogP contribution in [0.5, 0.6) is 5.75 Å². The molecule has 0 spiro atoms. The zero-order valence-corrected chi connectivity index (χ0v) is 14.1. The fraction of sp³-hybridized carbons (Fsp3) is 0.105.